The number of fused-ring (bicyclic) bond motifs is 1. The molecule has 2 atom stereocenters. The quantitative estimate of drug-likeness (QED) is 0.796. The number of carbonyl (C=O) groups excluding carboxylic acids is 1. The lowest BCUT2D eigenvalue weighted by Crippen LogP contribution is -2.34. The van der Waals surface area contributed by atoms with E-state index in [9.17, 15) is 13.2 Å². The van der Waals surface area contributed by atoms with E-state index in [2.05, 4.69) is 5.32 Å². The zero-order valence-electron chi connectivity index (χ0n) is 15.2. The molecular weight excluding hydrogens is 407 g/mol. The van der Waals surface area contributed by atoms with Gasteiger partial charge in [0.25, 0.3) is 5.91 Å². The number of carbonyl (C=O) groups is 1. The summed E-state index contributed by atoms with van der Waals surface area (Å²) in [6.45, 7) is 3.69. The minimum atomic E-state index is -3.35. The second kappa shape index (κ2) is 7.34. The fourth-order valence-electron chi connectivity index (χ4n) is 3.46. The molecule has 27 heavy (non-hydrogen) atoms. The molecule has 0 unspecified atom stereocenters. The normalized spacial score (nSPS) is 17.5. The van der Waals surface area contributed by atoms with Crippen molar-refractivity contribution < 1.29 is 13.2 Å². The molecule has 1 aliphatic rings. The Hall–Kier alpha value is -1.76. The number of nitrogens with one attached hydrogen (secondary N) is 1. The average molecular weight is 427 g/mol. The van der Waals surface area contributed by atoms with Crippen LogP contribution >= 0.6 is 23.2 Å². The van der Waals surface area contributed by atoms with Crippen LogP contribution in [0.1, 0.15) is 41.4 Å². The maximum Gasteiger partial charge on any atom is 0.251 e. The number of nitrogens with zero attached hydrogens (tertiary/aromatic N) is 1. The zero-order chi connectivity index (χ0) is 19.9. The highest BCUT2D eigenvalue weighted by atomic mass is 35.5. The van der Waals surface area contributed by atoms with Gasteiger partial charge in [0.1, 0.15) is 0 Å². The molecule has 144 valence electrons. The van der Waals surface area contributed by atoms with Crippen LogP contribution in [0, 0.1) is 0 Å². The van der Waals surface area contributed by atoms with Crippen LogP contribution in [-0.2, 0) is 16.4 Å². The number of hydrogen-bond donors (Lipinski definition) is 1. The van der Waals surface area contributed by atoms with Crippen molar-refractivity contribution in [3.8, 4) is 0 Å². The molecule has 0 bridgehead atoms. The molecule has 5 nitrogen and oxygen atoms in total. The van der Waals surface area contributed by atoms with Crippen molar-refractivity contribution in [2.45, 2.75) is 32.4 Å². The SMILES string of the molecule is C[C@@H]1Cc2cc(C(=O)N[C@H](C)c3ccc(Cl)cc3Cl)ccc2N1S(C)(=O)=O. The van der Waals surface area contributed by atoms with Crippen molar-refractivity contribution in [3.05, 3.63) is 63.1 Å². The van der Waals surface area contributed by atoms with Gasteiger partial charge in [0.15, 0.2) is 0 Å². The Morgan fingerprint density at radius 2 is 1.93 bits per heavy atom. The van der Waals surface area contributed by atoms with Gasteiger partial charge in [-0.15, -0.1) is 0 Å². The predicted octanol–water partition coefficient (Wildman–Crippen LogP) is 4.20. The van der Waals surface area contributed by atoms with Gasteiger partial charge in [-0.25, -0.2) is 8.42 Å². The van der Waals surface area contributed by atoms with Crippen molar-refractivity contribution in [2.75, 3.05) is 10.6 Å². The summed E-state index contributed by atoms with van der Waals surface area (Å²) in [5.41, 5.74) is 2.73. The highest BCUT2D eigenvalue weighted by Crippen LogP contribution is 2.35. The first-order valence-electron chi connectivity index (χ1n) is 8.46. The number of benzene rings is 2. The van der Waals surface area contributed by atoms with Crippen LogP contribution in [0.15, 0.2) is 36.4 Å². The average Bonchev–Trinajstić information content (AvgIpc) is 2.89. The fourth-order valence-corrected chi connectivity index (χ4v) is 5.30. The Bertz CT molecular complexity index is 1010. The lowest BCUT2D eigenvalue weighted by atomic mass is 10.0. The van der Waals surface area contributed by atoms with Crippen molar-refractivity contribution >= 4 is 44.8 Å². The standard InChI is InChI=1S/C19H20Cl2N2O3S/c1-11-8-14-9-13(4-7-18(14)23(11)27(3,25)26)19(24)22-12(2)16-6-5-15(20)10-17(16)21/h4-7,9-12H,8H2,1-3H3,(H,22,24)/t11-,12-/m1/s1. The summed E-state index contributed by atoms with van der Waals surface area (Å²) in [6, 6.07) is 9.75. The number of anilines is 1. The van der Waals surface area contributed by atoms with E-state index in [0.29, 0.717) is 27.7 Å². The Kier molecular flexibility index (Phi) is 5.43. The highest BCUT2D eigenvalue weighted by molar-refractivity contribution is 7.92. The largest absolute Gasteiger partial charge is 0.345 e. The van der Waals surface area contributed by atoms with E-state index < -0.39 is 10.0 Å². The minimum absolute atomic E-state index is 0.167. The lowest BCUT2D eigenvalue weighted by Gasteiger charge is -2.22. The molecule has 0 radical (unpaired) electrons. The third-order valence-electron chi connectivity index (χ3n) is 4.63. The summed E-state index contributed by atoms with van der Waals surface area (Å²) < 4.78 is 25.4. The maximum atomic E-state index is 12.7. The van der Waals surface area contributed by atoms with E-state index in [4.69, 9.17) is 23.2 Å². The van der Waals surface area contributed by atoms with Crippen molar-refractivity contribution in [3.63, 3.8) is 0 Å². The van der Waals surface area contributed by atoms with Gasteiger partial charge < -0.3 is 5.32 Å². The molecule has 0 aromatic heterocycles. The predicted molar refractivity (Wildman–Crippen MR) is 109 cm³/mol. The summed E-state index contributed by atoms with van der Waals surface area (Å²) in [5.74, 6) is -0.248. The van der Waals surface area contributed by atoms with E-state index in [1.54, 1.807) is 36.4 Å². The summed E-state index contributed by atoms with van der Waals surface area (Å²) in [4.78, 5) is 12.7. The first-order chi connectivity index (χ1) is 12.6. The Morgan fingerprint density at radius 1 is 1.22 bits per heavy atom. The monoisotopic (exact) mass is 426 g/mol. The topological polar surface area (TPSA) is 66.5 Å². The second-order valence-corrected chi connectivity index (χ2v) is 9.52. The Balaban J connectivity index is 1.82. The third-order valence-corrected chi connectivity index (χ3v) is 6.46. The van der Waals surface area contributed by atoms with E-state index in [-0.39, 0.29) is 18.0 Å². The number of amides is 1. The number of halogens is 2. The van der Waals surface area contributed by atoms with Crippen LogP contribution in [0.2, 0.25) is 10.0 Å². The van der Waals surface area contributed by atoms with E-state index in [0.717, 1.165) is 11.1 Å². The summed E-state index contributed by atoms with van der Waals surface area (Å²) >= 11 is 12.1. The maximum absolute atomic E-state index is 12.7. The minimum Gasteiger partial charge on any atom is -0.345 e. The number of rotatable bonds is 4. The highest BCUT2D eigenvalue weighted by Gasteiger charge is 2.32. The van der Waals surface area contributed by atoms with E-state index in [1.807, 2.05) is 13.8 Å². The molecule has 8 heteroatoms. The number of hydrogen-bond acceptors (Lipinski definition) is 3. The van der Waals surface area contributed by atoms with Crippen LogP contribution in [-0.4, -0.2) is 26.6 Å². The zero-order valence-corrected chi connectivity index (χ0v) is 17.5. The van der Waals surface area contributed by atoms with Crippen molar-refractivity contribution in [1.29, 1.82) is 0 Å². The number of sulfonamides is 1. The smallest absolute Gasteiger partial charge is 0.251 e. The second-order valence-electron chi connectivity index (χ2n) is 6.82. The van der Waals surface area contributed by atoms with Gasteiger partial charge in [-0.05, 0) is 61.7 Å². The molecule has 0 fully saturated rings. The molecule has 0 saturated heterocycles. The van der Waals surface area contributed by atoms with Gasteiger partial charge in [-0.3, -0.25) is 9.10 Å². The molecule has 0 saturated carbocycles. The molecule has 1 heterocycles. The van der Waals surface area contributed by atoms with Crippen molar-refractivity contribution in [1.82, 2.24) is 5.32 Å². The third kappa shape index (κ3) is 4.08. The Morgan fingerprint density at radius 3 is 2.56 bits per heavy atom. The molecule has 0 spiro atoms. The van der Waals surface area contributed by atoms with Gasteiger partial charge in [0.2, 0.25) is 10.0 Å². The van der Waals surface area contributed by atoms with Gasteiger partial charge in [0, 0.05) is 21.7 Å². The van der Waals surface area contributed by atoms with Gasteiger partial charge >= 0.3 is 0 Å². The van der Waals surface area contributed by atoms with Gasteiger partial charge in [-0.1, -0.05) is 29.3 Å². The molecule has 1 amide bonds. The molecule has 3 rings (SSSR count). The van der Waals surface area contributed by atoms with E-state index in [1.165, 1.54) is 10.6 Å². The molecule has 2 aromatic carbocycles. The van der Waals surface area contributed by atoms with Crippen molar-refractivity contribution in [2.24, 2.45) is 0 Å². The molecule has 2 aromatic rings. The van der Waals surface area contributed by atoms with Crippen LogP contribution in [0.5, 0.6) is 0 Å². The Labute approximate surface area is 169 Å². The van der Waals surface area contributed by atoms with E-state index >= 15 is 0 Å². The first-order valence-corrected chi connectivity index (χ1v) is 11.1. The first kappa shape index (κ1) is 20.0. The van der Waals surface area contributed by atoms with Crippen LogP contribution in [0.4, 0.5) is 5.69 Å². The van der Waals surface area contributed by atoms with Crippen LogP contribution < -0.4 is 9.62 Å². The summed E-state index contributed by atoms with van der Waals surface area (Å²) in [6.07, 6.45) is 1.76. The fraction of sp³-hybridized carbons (Fsp3) is 0.316. The van der Waals surface area contributed by atoms with Crippen LogP contribution in [0.25, 0.3) is 0 Å². The van der Waals surface area contributed by atoms with Gasteiger partial charge in [-0.2, -0.15) is 0 Å². The summed E-state index contributed by atoms with van der Waals surface area (Å²) in [7, 11) is -3.35. The molecule has 0 aliphatic carbocycles. The van der Waals surface area contributed by atoms with Crippen LogP contribution in [0.3, 0.4) is 0 Å². The van der Waals surface area contributed by atoms with Gasteiger partial charge in [0.05, 0.1) is 18.0 Å². The molecular formula is C19H20Cl2N2O3S. The lowest BCUT2D eigenvalue weighted by molar-refractivity contribution is 0.0940. The summed E-state index contributed by atoms with van der Waals surface area (Å²) in [5, 5.41) is 3.94. The molecule has 1 aliphatic heterocycles. The molecule has 1 N–H and O–H groups in total.